The summed E-state index contributed by atoms with van der Waals surface area (Å²) in [7, 11) is 1.82. The first kappa shape index (κ1) is 16.2. The third-order valence-electron chi connectivity index (χ3n) is 3.97. The molecule has 0 radical (unpaired) electrons. The molecule has 1 aliphatic heterocycles. The van der Waals surface area contributed by atoms with Crippen LogP contribution < -0.4 is 10.1 Å². The third-order valence-corrected chi connectivity index (χ3v) is 3.97. The van der Waals surface area contributed by atoms with Gasteiger partial charge in [-0.25, -0.2) is 4.98 Å². The molecule has 0 bridgehead atoms. The maximum atomic E-state index is 5.93. The Bertz CT molecular complexity index is 647. The van der Waals surface area contributed by atoms with E-state index in [1.807, 2.05) is 49.6 Å². The van der Waals surface area contributed by atoms with E-state index in [0.717, 1.165) is 44.1 Å². The number of nitrogens with one attached hydrogen (secondary N) is 1. The van der Waals surface area contributed by atoms with Crippen LogP contribution in [0.25, 0.3) is 0 Å². The molecule has 6 nitrogen and oxygen atoms in total. The van der Waals surface area contributed by atoms with E-state index in [4.69, 9.17) is 4.74 Å². The van der Waals surface area contributed by atoms with Gasteiger partial charge in [-0.1, -0.05) is 12.1 Å². The Morgan fingerprint density at radius 1 is 1.25 bits per heavy atom. The van der Waals surface area contributed by atoms with Crippen molar-refractivity contribution in [3.8, 4) is 5.88 Å². The Balaban J connectivity index is 1.46. The molecule has 1 saturated heterocycles. The van der Waals surface area contributed by atoms with Crippen molar-refractivity contribution in [2.45, 2.75) is 18.9 Å². The first-order valence-electron chi connectivity index (χ1n) is 8.28. The van der Waals surface area contributed by atoms with Crippen LogP contribution in [0.4, 0.5) is 0 Å². The van der Waals surface area contributed by atoms with E-state index in [2.05, 4.69) is 25.2 Å². The molecule has 1 N–H and O–H groups in total. The molecule has 2 aromatic heterocycles. The van der Waals surface area contributed by atoms with Gasteiger partial charge in [0.05, 0.1) is 6.54 Å². The van der Waals surface area contributed by atoms with E-state index in [-0.39, 0.29) is 6.10 Å². The summed E-state index contributed by atoms with van der Waals surface area (Å²) in [6, 6.07) is 11.7. The van der Waals surface area contributed by atoms with Crippen molar-refractivity contribution in [3.63, 3.8) is 0 Å². The van der Waals surface area contributed by atoms with E-state index < -0.39 is 0 Å². The molecular formula is C18H23N5O. The number of aromatic nitrogens is 2. The highest BCUT2D eigenvalue weighted by Crippen LogP contribution is 2.16. The molecular weight excluding hydrogens is 302 g/mol. The quantitative estimate of drug-likeness (QED) is 0.670. The van der Waals surface area contributed by atoms with Gasteiger partial charge in [0.2, 0.25) is 5.88 Å². The summed E-state index contributed by atoms with van der Waals surface area (Å²) in [4.78, 5) is 15.2. The molecule has 1 fully saturated rings. The van der Waals surface area contributed by atoms with Gasteiger partial charge < -0.3 is 15.0 Å². The lowest BCUT2D eigenvalue weighted by atomic mass is 10.3. The molecule has 3 heterocycles. The van der Waals surface area contributed by atoms with Crippen LogP contribution in [0.3, 0.4) is 0 Å². The van der Waals surface area contributed by atoms with Crippen molar-refractivity contribution in [3.05, 3.63) is 54.5 Å². The Morgan fingerprint density at radius 2 is 2.08 bits per heavy atom. The maximum absolute atomic E-state index is 5.93. The number of pyridine rings is 2. The Morgan fingerprint density at radius 3 is 2.79 bits per heavy atom. The summed E-state index contributed by atoms with van der Waals surface area (Å²) in [6.07, 6.45) is 5.57. The molecule has 0 amide bonds. The van der Waals surface area contributed by atoms with Gasteiger partial charge in [0.1, 0.15) is 6.10 Å². The summed E-state index contributed by atoms with van der Waals surface area (Å²) < 4.78 is 5.93. The van der Waals surface area contributed by atoms with Gasteiger partial charge >= 0.3 is 0 Å². The number of nitrogens with zero attached hydrogens (tertiary/aromatic N) is 4. The molecule has 1 atom stereocenters. The number of aliphatic imine (C=N–C) groups is 1. The number of rotatable bonds is 5. The van der Waals surface area contributed by atoms with Gasteiger partial charge in [0, 0.05) is 57.1 Å². The van der Waals surface area contributed by atoms with Crippen molar-refractivity contribution in [1.82, 2.24) is 20.2 Å². The van der Waals surface area contributed by atoms with Crippen LogP contribution in [0.1, 0.15) is 12.1 Å². The summed E-state index contributed by atoms with van der Waals surface area (Å²) >= 11 is 0. The monoisotopic (exact) mass is 325 g/mol. The van der Waals surface area contributed by atoms with Crippen LogP contribution in [0, 0.1) is 0 Å². The van der Waals surface area contributed by atoms with Crippen molar-refractivity contribution >= 4 is 5.96 Å². The predicted octanol–water partition coefficient (Wildman–Crippen LogP) is 1.75. The smallest absolute Gasteiger partial charge is 0.213 e. The van der Waals surface area contributed by atoms with Gasteiger partial charge in [0.25, 0.3) is 0 Å². The van der Waals surface area contributed by atoms with Crippen LogP contribution in [-0.2, 0) is 6.42 Å². The van der Waals surface area contributed by atoms with Crippen molar-refractivity contribution < 1.29 is 4.74 Å². The maximum Gasteiger partial charge on any atom is 0.213 e. The molecule has 3 rings (SSSR count). The van der Waals surface area contributed by atoms with E-state index >= 15 is 0 Å². The summed E-state index contributed by atoms with van der Waals surface area (Å²) in [5, 5.41) is 3.41. The molecule has 24 heavy (non-hydrogen) atoms. The second kappa shape index (κ2) is 8.29. The summed E-state index contributed by atoms with van der Waals surface area (Å²) in [6.45, 7) is 2.56. The summed E-state index contributed by atoms with van der Waals surface area (Å²) in [5.41, 5.74) is 1.08. The SMILES string of the molecule is CN=C(NCCc1ccccn1)N1CCC(Oc2ccccn2)C1. The molecule has 0 saturated carbocycles. The molecule has 0 spiro atoms. The van der Waals surface area contributed by atoms with Crippen LogP contribution in [-0.4, -0.2) is 53.6 Å². The van der Waals surface area contributed by atoms with Crippen LogP contribution in [0.5, 0.6) is 5.88 Å². The minimum Gasteiger partial charge on any atom is -0.472 e. The lowest BCUT2D eigenvalue weighted by Gasteiger charge is -2.21. The van der Waals surface area contributed by atoms with Gasteiger partial charge in [-0.05, 0) is 18.2 Å². The summed E-state index contributed by atoms with van der Waals surface area (Å²) in [5.74, 6) is 1.60. The number of likely N-dealkylation sites (tertiary alicyclic amines) is 1. The molecule has 1 unspecified atom stereocenters. The highest BCUT2D eigenvalue weighted by molar-refractivity contribution is 5.80. The molecule has 2 aromatic rings. The predicted molar refractivity (Wildman–Crippen MR) is 94.1 cm³/mol. The lowest BCUT2D eigenvalue weighted by molar-refractivity contribution is 0.205. The van der Waals surface area contributed by atoms with E-state index in [0.29, 0.717) is 5.88 Å². The van der Waals surface area contributed by atoms with Crippen LogP contribution in [0.2, 0.25) is 0 Å². The topological polar surface area (TPSA) is 62.6 Å². The number of hydrogen-bond acceptors (Lipinski definition) is 4. The average Bonchev–Trinajstić information content (AvgIpc) is 3.09. The lowest BCUT2D eigenvalue weighted by Crippen LogP contribution is -2.41. The normalized spacial score (nSPS) is 17.8. The molecule has 6 heteroatoms. The Labute approximate surface area is 142 Å². The fourth-order valence-corrected chi connectivity index (χ4v) is 2.79. The first-order chi connectivity index (χ1) is 11.8. The molecule has 0 aromatic carbocycles. The third kappa shape index (κ3) is 4.44. The van der Waals surface area contributed by atoms with E-state index in [1.165, 1.54) is 0 Å². The molecule has 126 valence electrons. The van der Waals surface area contributed by atoms with E-state index in [9.17, 15) is 0 Å². The van der Waals surface area contributed by atoms with Gasteiger partial charge in [-0.2, -0.15) is 0 Å². The van der Waals surface area contributed by atoms with Crippen molar-refractivity contribution in [2.75, 3.05) is 26.7 Å². The second-order valence-electron chi connectivity index (χ2n) is 5.69. The Kier molecular flexibility index (Phi) is 5.61. The van der Waals surface area contributed by atoms with Gasteiger partial charge in [-0.15, -0.1) is 0 Å². The molecule has 1 aliphatic rings. The zero-order valence-electron chi connectivity index (χ0n) is 13.9. The van der Waals surface area contributed by atoms with Crippen molar-refractivity contribution in [1.29, 1.82) is 0 Å². The first-order valence-corrected chi connectivity index (χ1v) is 8.28. The zero-order chi connectivity index (χ0) is 16.6. The molecule has 0 aliphatic carbocycles. The fourth-order valence-electron chi connectivity index (χ4n) is 2.79. The number of guanidine groups is 1. The number of hydrogen-bond donors (Lipinski definition) is 1. The highest BCUT2D eigenvalue weighted by atomic mass is 16.5. The minimum absolute atomic E-state index is 0.147. The van der Waals surface area contributed by atoms with Crippen molar-refractivity contribution in [2.24, 2.45) is 4.99 Å². The second-order valence-corrected chi connectivity index (χ2v) is 5.69. The minimum atomic E-state index is 0.147. The number of ether oxygens (including phenoxy) is 1. The van der Waals surface area contributed by atoms with E-state index in [1.54, 1.807) is 6.20 Å². The largest absolute Gasteiger partial charge is 0.472 e. The standard InChI is InChI=1S/C18H23N5O/c1-19-18(22-12-8-15-6-2-4-10-20-15)23-13-9-16(14-23)24-17-7-3-5-11-21-17/h2-7,10-11,16H,8-9,12-14H2,1H3,(H,19,22). The zero-order valence-corrected chi connectivity index (χ0v) is 13.9. The van der Waals surface area contributed by atoms with Gasteiger partial charge in [0.15, 0.2) is 5.96 Å². The fraction of sp³-hybridized carbons (Fsp3) is 0.389. The van der Waals surface area contributed by atoms with Crippen LogP contribution >= 0.6 is 0 Å². The van der Waals surface area contributed by atoms with Gasteiger partial charge in [-0.3, -0.25) is 9.98 Å². The average molecular weight is 325 g/mol. The van der Waals surface area contributed by atoms with Crippen LogP contribution in [0.15, 0.2) is 53.8 Å². The Hall–Kier alpha value is -2.63. The highest BCUT2D eigenvalue weighted by Gasteiger charge is 2.26.